The highest BCUT2D eigenvalue weighted by atomic mass is 79.9. The van der Waals surface area contributed by atoms with Gasteiger partial charge in [0.05, 0.1) is 12.2 Å². The maximum atomic E-state index is 13.8. The second kappa shape index (κ2) is 8.03. The van der Waals surface area contributed by atoms with Gasteiger partial charge in [-0.1, -0.05) is 34.1 Å². The Morgan fingerprint density at radius 1 is 1.16 bits per heavy atom. The Kier molecular flexibility index (Phi) is 5.55. The van der Waals surface area contributed by atoms with Crippen molar-refractivity contribution in [1.29, 1.82) is 0 Å². The Morgan fingerprint density at radius 2 is 1.87 bits per heavy atom. The van der Waals surface area contributed by atoms with Crippen molar-refractivity contribution in [3.05, 3.63) is 75.4 Å². The number of benzene rings is 2. The minimum atomic E-state index is -4.50. The second-order valence-electron chi connectivity index (χ2n) is 7.65. The number of nitrogens with one attached hydrogen (secondary N) is 2. The zero-order valence-corrected chi connectivity index (χ0v) is 18.4. The smallest absolute Gasteiger partial charge is 0.363 e. The zero-order valence-electron chi connectivity index (χ0n) is 16.8. The fourth-order valence-corrected chi connectivity index (χ4v) is 3.92. The molecule has 1 amide bonds. The molecule has 0 saturated heterocycles. The summed E-state index contributed by atoms with van der Waals surface area (Å²) in [6, 6.07) is 10.1. The summed E-state index contributed by atoms with van der Waals surface area (Å²) in [5.41, 5.74) is 3.41. The molecule has 1 aliphatic heterocycles. The van der Waals surface area contributed by atoms with E-state index in [4.69, 9.17) is 0 Å². The first-order valence-electron chi connectivity index (χ1n) is 9.68. The number of carbonyl (C=O) groups is 1. The number of hydrogen-bond donors (Lipinski definition) is 2. The molecule has 0 saturated carbocycles. The summed E-state index contributed by atoms with van der Waals surface area (Å²) in [6.07, 6.45) is -3.54. The van der Waals surface area contributed by atoms with Crippen LogP contribution in [0.4, 0.5) is 24.7 Å². The molecule has 162 valence electrons. The molecular weight excluding hydrogens is 473 g/mol. The number of nitrogens with zero attached hydrogens (tertiary/aromatic N) is 2. The molecule has 0 radical (unpaired) electrons. The van der Waals surface area contributed by atoms with Crippen LogP contribution in [-0.2, 0) is 0 Å². The number of amides is 1. The number of rotatable bonds is 3. The minimum Gasteiger partial charge on any atom is -0.363 e. The average molecular weight is 493 g/mol. The van der Waals surface area contributed by atoms with Gasteiger partial charge < -0.3 is 10.6 Å². The largest absolute Gasteiger partial charge is 0.410 e. The van der Waals surface area contributed by atoms with E-state index in [1.807, 2.05) is 26.0 Å². The predicted octanol–water partition coefficient (Wildman–Crippen LogP) is 6.18. The molecule has 1 aromatic heterocycles. The Bertz CT molecular complexity index is 1120. The Hall–Kier alpha value is -2.81. The van der Waals surface area contributed by atoms with Crippen LogP contribution in [0.1, 0.15) is 45.6 Å². The van der Waals surface area contributed by atoms with Gasteiger partial charge in [-0.25, -0.2) is 4.68 Å². The quantitative estimate of drug-likeness (QED) is 0.459. The fraction of sp³-hybridized carbons (Fsp3) is 0.273. The van der Waals surface area contributed by atoms with E-state index in [0.717, 1.165) is 20.3 Å². The Balaban J connectivity index is 1.68. The van der Waals surface area contributed by atoms with Gasteiger partial charge in [-0.15, -0.1) is 0 Å². The van der Waals surface area contributed by atoms with Crippen LogP contribution in [0.2, 0.25) is 0 Å². The van der Waals surface area contributed by atoms with Gasteiger partial charge in [-0.2, -0.15) is 18.3 Å². The topological polar surface area (TPSA) is 59.0 Å². The van der Waals surface area contributed by atoms with Crippen molar-refractivity contribution >= 4 is 33.3 Å². The highest BCUT2D eigenvalue weighted by molar-refractivity contribution is 9.10. The number of carbonyl (C=O) groups excluding carboxylic acids is 1. The molecule has 9 heteroatoms. The van der Waals surface area contributed by atoms with E-state index in [0.29, 0.717) is 11.3 Å². The van der Waals surface area contributed by atoms with Crippen molar-refractivity contribution in [3.8, 4) is 0 Å². The van der Waals surface area contributed by atoms with E-state index in [2.05, 4.69) is 31.7 Å². The lowest BCUT2D eigenvalue weighted by molar-refractivity contribution is -0.173. The van der Waals surface area contributed by atoms with Crippen LogP contribution in [-0.4, -0.2) is 21.9 Å². The molecule has 1 aliphatic rings. The van der Waals surface area contributed by atoms with E-state index >= 15 is 0 Å². The first-order valence-corrected chi connectivity index (χ1v) is 10.5. The van der Waals surface area contributed by atoms with Crippen molar-refractivity contribution in [2.45, 2.75) is 38.5 Å². The Labute approximate surface area is 185 Å². The normalized spacial score (nSPS) is 18.3. The number of hydrogen-bond acceptors (Lipinski definition) is 3. The molecule has 0 fully saturated rings. The third-order valence-electron chi connectivity index (χ3n) is 5.52. The SMILES string of the molecule is Cc1ccc(NC(=O)c2cnn3c2NC(c2ccc(Br)cc2)CC3C(F)(F)F)cc1C. The molecule has 0 aliphatic carbocycles. The van der Waals surface area contributed by atoms with Gasteiger partial charge >= 0.3 is 6.18 Å². The van der Waals surface area contributed by atoms with Gasteiger partial charge in [-0.3, -0.25) is 4.79 Å². The standard InChI is InChI=1S/C22H20BrF3N4O/c1-12-3-8-16(9-13(12)2)28-21(31)17-11-27-30-19(22(24,25)26)10-18(29-20(17)30)14-4-6-15(23)7-5-14/h3-9,11,18-19,29H,10H2,1-2H3,(H,28,31). The van der Waals surface area contributed by atoms with Crippen molar-refractivity contribution in [2.75, 3.05) is 10.6 Å². The maximum Gasteiger partial charge on any atom is 0.410 e. The molecule has 4 rings (SSSR count). The van der Waals surface area contributed by atoms with E-state index in [9.17, 15) is 18.0 Å². The summed E-state index contributed by atoms with van der Waals surface area (Å²) in [6.45, 7) is 3.88. The zero-order chi connectivity index (χ0) is 22.3. The molecular formula is C22H20BrF3N4O. The Morgan fingerprint density at radius 3 is 2.52 bits per heavy atom. The molecule has 2 heterocycles. The summed E-state index contributed by atoms with van der Waals surface area (Å²) in [4.78, 5) is 12.9. The van der Waals surface area contributed by atoms with Crippen LogP contribution in [0, 0.1) is 13.8 Å². The number of halogens is 4. The van der Waals surface area contributed by atoms with Crippen LogP contribution in [0.3, 0.4) is 0 Å². The highest BCUT2D eigenvalue weighted by Crippen LogP contribution is 2.44. The van der Waals surface area contributed by atoms with Crippen LogP contribution in [0.25, 0.3) is 0 Å². The number of fused-ring (bicyclic) bond motifs is 1. The molecule has 2 unspecified atom stereocenters. The molecule has 31 heavy (non-hydrogen) atoms. The molecule has 2 aromatic carbocycles. The van der Waals surface area contributed by atoms with E-state index < -0.39 is 24.2 Å². The molecule has 0 spiro atoms. The van der Waals surface area contributed by atoms with E-state index in [1.54, 1.807) is 30.3 Å². The first kappa shape index (κ1) is 21.4. The lowest BCUT2D eigenvalue weighted by Crippen LogP contribution is -2.36. The molecule has 2 N–H and O–H groups in total. The number of aromatic nitrogens is 2. The van der Waals surface area contributed by atoms with Crippen LogP contribution >= 0.6 is 15.9 Å². The summed E-state index contributed by atoms with van der Waals surface area (Å²) in [5, 5.41) is 9.76. The van der Waals surface area contributed by atoms with Crippen LogP contribution < -0.4 is 10.6 Å². The van der Waals surface area contributed by atoms with E-state index in [1.165, 1.54) is 6.20 Å². The lowest BCUT2D eigenvalue weighted by atomic mass is 9.96. The minimum absolute atomic E-state index is 0.0582. The van der Waals surface area contributed by atoms with E-state index in [-0.39, 0.29) is 17.8 Å². The average Bonchev–Trinajstić information content (AvgIpc) is 3.14. The number of aryl methyl sites for hydroxylation is 2. The maximum absolute atomic E-state index is 13.8. The van der Waals surface area contributed by atoms with Crippen LogP contribution in [0.5, 0.6) is 0 Å². The van der Waals surface area contributed by atoms with Gasteiger partial charge in [-0.05, 0) is 54.8 Å². The summed E-state index contributed by atoms with van der Waals surface area (Å²) in [5.74, 6) is -0.461. The van der Waals surface area contributed by atoms with Crippen molar-refractivity contribution in [1.82, 2.24) is 9.78 Å². The molecule has 3 aromatic rings. The predicted molar refractivity (Wildman–Crippen MR) is 116 cm³/mol. The summed E-state index contributed by atoms with van der Waals surface area (Å²) < 4.78 is 43.1. The van der Waals surface area contributed by atoms with Gasteiger partial charge in [0, 0.05) is 16.6 Å². The van der Waals surface area contributed by atoms with Gasteiger partial charge in [0.2, 0.25) is 0 Å². The second-order valence-corrected chi connectivity index (χ2v) is 8.56. The first-order chi connectivity index (χ1) is 14.6. The van der Waals surface area contributed by atoms with Crippen molar-refractivity contribution in [3.63, 3.8) is 0 Å². The molecule has 5 nitrogen and oxygen atoms in total. The summed E-state index contributed by atoms with van der Waals surface area (Å²) in [7, 11) is 0. The number of alkyl halides is 3. The highest BCUT2D eigenvalue weighted by Gasteiger charge is 2.47. The monoisotopic (exact) mass is 492 g/mol. The van der Waals surface area contributed by atoms with Gasteiger partial charge in [0.25, 0.3) is 5.91 Å². The molecule has 2 atom stereocenters. The fourth-order valence-electron chi connectivity index (χ4n) is 3.66. The van der Waals surface area contributed by atoms with Crippen LogP contribution in [0.15, 0.2) is 53.1 Å². The van der Waals surface area contributed by atoms with Gasteiger partial charge in [0.1, 0.15) is 11.4 Å². The van der Waals surface area contributed by atoms with Gasteiger partial charge in [0.15, 0.2) is 6.04 Å². The lowest BCUT2D eigenvalue weighted by Gasteiger charge is -2.34. The third kappa shape index (κ3) is 4.32. The third-order valence-corrected chi connectivity index (χ3v) is 6.05. The molecule has 0 bridgehead atoms. The summed E-state index contributed by atoms with van der Waals surface area (Å²) >= 11 is 3.34. The van der Waals surface area contributed by atoms with Crippen molar-refractivity contribution < 1.29 is 18.0 Å². The van der Waals surface area contributed by atoms with Crippen molar-refractivity contribution in [2.24, 2.45) is 0 Å². The number of anilines is 2.